The first-order valence-corrected chi connectivity index (χ1v) is 10.2. The molecule has 0 aliphatic rings. The maximum absolute atomic E-state index is 11.9. The fourth-order valence-electron chi connectivity index (χ4n) is 3.57. The maximum atomic E-state index is 11.9. The zero-order chi connectivity index (χ0) is 20.8. The zero-order valence-corrected chi connectivity index (χ0v) is 17.5. The molecule has 0 saturated carbocycles. The Balaban J connectivity index is 1.94. The van der Waals surface area contributed by atoms with Gasteiger partial charge in [-0.3, -0.25) is 0 Å². The smallest absolute Gasteiger partial charge is 0.336 e. The van der Waals surface area contributed by atoms with E-state index in [9.17, 15) is 9.90 Å². The third-order valence-electron chi connectivity index (χ3n) is 5.39. The SMILES string of the molecule is CCC(C)C(CC=S)c1ncnn1Cc1ccc(-c2ccccc2)c(C(=O)O)c1. The zero-order valence-electron chi connectivity index (χ0n) is 16.7. The third-order valence-corrected chi connectivity index (χ3v) is 5.58. The molecule has 0 spiro atoms. The van der Waals surface area contributed by atoms with Crippen LogP contribution in [0.3, 0.4) is 0 Å². The van der Waals surface area contributed by atoms with E-state index in [4.69, 9.17) is 12.2 Å². The van der Waals surface area contributed by atoms with Gasteiger partial charge in [0.15, 0.2) is 0 Å². The van der Waals surface area contributed by atoms with E-state index in [-0.39, 0.29) is 11.5 Å². The van der Waals surface area contributed by atoms with Gasteiger partial charge < -0.3 is 5.11 Å². The fourth-order valence-corrected chi connectivity index (χ4v) is 3.78. The number of aromatic nitrogens is 3. The van der Waals surface area contributed by atoms with Crippen LogP contribution < -0.4 is 0 Å². The Morgan fingerprint density at radius 2 is 2.00 bits per heavy atom. The van der Waals surface area contributed by atoms with Crippen molar-refractivity contribution in [1.29, 1.82) is 0 Å². The average Bonchev–Trinajstić information content (AvgIpc) is 3.19. The van der Waals surface area contributed by atoms with Crippen molar-refractivity contribution in [1.82, 2.24) is 14.8 Å². The number of carboxylic acids is 1. The van der Waals surface area contributed by atoms with Crippen LogP contribution in [0.1, 0.15) is 54.4 Å². The van der Waals surface area contributed by atoms with Gasteiger partial charge in [0, 0.05) is 5.92 Å². The van der Waals surface area contributed by atoms with Crippen molar-refractivity contribution < 1.29 is 9.90 Å². The number of rotatable bonds is 9. The molecule has 2 aromatic carbocycles. The highest BCUT2D eigenvalue weighted by Crippen LogP contribution is 2.29. The number of nitrogens with zero attached hydrogens (tertiary/aromatic N) is 3. The predicted octanol–water partition coefficient (Wildman–Crippen LogP) is 5.21. The van der Waals surface area contributed by atoms with Crippen LogP contribution in [0, 0.1) is 5.92 Å². The van der Waals surface area contributed by atoms with Gasteiger partial charge in [0.1, 0.15) is 12.2 Å². The lowest BCUT2D eigenvalue weighted by Gasteiger charge is -2.21. The Hall–Kier alpha value is -2.86. The van der Waals surface area contributed by atoms with Crippen LogP contribution >= 0.6 is 12.2 Å². The van der Waals surface area contributed by atoms with Gasteiger partial charge in [-0.1, -0.05) is 75.0 Å². The molecule has 3 rings (SSSR count). The lowest BCUT2D eigenvalue weighted by molar-refractivity contribution is 0.0697. The van der Waals surface area contributed by atoms with Gasteiger partial charge in [-0.15, -0.1) is 0 Å². The Kier molecular flexibility index (Phi) is 6.88. The van der Waals surface area contributed by atoms with Gasteiger partial charge in [0.05, 0.1) is 12.1 Å². The molecule has 1 aromatic heterocycles. The van der Waals surface area contributed by atoms with Crippen molar-refractivity contribution in [3.63, 3.8) is 0 Å². The number of thiocarbonyl (C=S) groups is 1. The summed E-state index contributed by atoms with van der Waals surface area (Å²) in [7, 11) is 0. The molecule has 3 aromatic rings. The number of benzene rings is 2. The van der Waals surface area contributed by atoms with Crippen molar-refractivity contribution in [2.24, 2.45) is 5.92 Å². The van der Waals surface area contributed by atoms with Crippen LogP contribution in [0.5, 0.6) is 0 Å². The van der Waals surface area contributed by atoms with E-state index in [2.05, 4.69) is 23.9 Å². The van der Waals surface area contributed by atoms with Crippen molar-refractivity contribution in [3.8, 4) is 11.1 Å². The van der Waals surface area contributed by atoms with E-state index >= 15 is 0 Å². The number of hydrogen-bond donors (Lipinski definition) is 1. The van der Waals surface area contributed by atoms with Crippen LogP contribution in [0.15, 0.2) is 54.9 Å². The Morgan fingerprint density at radius 1 is 1.24 bits per heavy atom. The quantitative estimate of drug-likeness (QED) is 0.493. The first-order valence-electron chi connectivity index (χ1n) is 9.78. The predicted molar refractivity (Wildman–Crippen MR) is 118 cm³/mol. The Labute approximate surface area is 176 Å². The van der Waals surface area contributed by atoms with E-state index in [1.54, 1.807) is 17.8 Å². The summed E-state index contributed by atoms with van der Waals surface area (Å²) in [6, 6.07) is 15.1. The van der Waals surface area contributed by atoms with E-state index in [0.29, 0.717) is 18.0 Å². The highest BCUT2D eigenvalue weighted by Gasteiger charge is 2.23. The number of aromatic carboxylic acids is 1. The van der Waals surface area contributed by atoms with Gasteiger partial charge in [-0.25, -0.2) is 14.5 Å². The largest absolute Gasteiger partial charge is 0.478 e. The fraction of sp³-hybridized carbons (Fsp3) is 0.304. The van der Waals surface area contributed by atoms with Crippen molar-refractivity contribution >= 4 is 23.6 Å². The van der Waals surface area contributed by atoms with Crippen LogP contribution in [0.2, 0.25) is 0 Å². The van der Waals surface area contributed by atoms with Gasteiger partial charge >= 0.3 is 5.97 Å². The summed E-state index contributed by atoms with van der Waals surface area (Å²) in [5.74, 6) is 0.571. The van der Waals surface area contributed by atoms with E-state index in [0.717, 1.165) is 29.8 Å². The molecule has 0 saturated heterocycles. The second-order valence-corrected chi connectivity index (χ2v) is 7.55. The Morgan fingerprint density at radius 3 is 2.66 bits per heavy atom. The standard InChI is InChI=1S/C23H25N3O2S/c1-3-16(2)19(11-12-29)22-24-15-25-26(22)14-17-9-10-20(21(13-17)23(27)28)18-7-5-4-6-8-18/h4-10,12-13,15-16,19H,3,11,14H2,1-2H3,(H,27,28). The van der Waals surface area contributed by atoms with E-state index in [1.165, 1.54) is 0 Å². The molecule has 0 radical (unpaired) electrons. The topological polar surface area (TPSA) is 68.0 Å². The summed E-state index contributed by atoms with van der Waals surface area (Å²) in [4.78, 5) is 16.4. The molecule has 2 atom stereocenters. The molecular weight excluding hydrogens is 382 g/mol. The maximum Gasteiger partial charge on any atom is 0.336 e. The first-order chi connectivity index (χ1) is 14.0. The van der Waals surface area contributed by atoms with Gasteiger partial charge in [0.2, 0.25) is 0 Å². The Bertz CT molecular complexity index is 985. The molecule has 0 amide bonds. The molecule has 5 nitrogen and oxygen atoms in total. The second-order valence-electron chi connectivity index (χ2n) is 7.22. The molecule has 0 aliphatic carbocycles. The molecule has 0 fully saturated rings. The summed E-state index contributed by atoms with van der Waals surface area (Å²) in [6.45, 7) is 4.82. The number of carboxylic acid groups (broad SMARTS) is 1. The highest BCUT2D eigenvalue weighted by molar-refractivity contribution is 7.78. The average molecular weight is 408 g/mol. The van der Waals surface area contributed by atoms with Crippen molar-refractivity contribution in [2.75, 3.05) is 0 Å². The van der Waals surface area contributed by atoms with Crippen molar-refractivity contribution in [2.45, 2.75) is 39.2 Å². The third kappa shape index (κ3) is 4.77. The van der Waals surface area contributed by atoms with E-state index < -0.39 is 5.97 Å². The van der Waals surface area contributed by atoms with Crippen LogP contribution in [-0.4, -0.2) is 31.2 Å². The molecule has 6 heteroatoms. The number of carbonyl (C=O) groups is 1. The molecule has 0 aliphatic heterocycles. The van der Waals surface area contributed by atoms with Gasteiger partial charge in [0.25, 0.3) is 0 Å². The molecule has 1 heterocycles. The second kappa shape index (κ2) is 9.56. The summed E-state index contributed by atoms with van der Waals surface area (Å²) in [5.41, 5.74) is 2.75. The monoisotopic (exact) mass is 407 g/mol. The summed E-state index contributed by atoms with van der Waals surface area (Å²) >= 11 is 5.10. The number of hydrogen-bond acceptors (Lipinski definition) is 4. The minimum atomic E-state index is -0.942. The minimum absolute atomic E-state index is 0.197. The molecule has 0 bridgehead atoms. The van der Waals surface area contributed by atoms with Crippen LogP contribution in [0.4, 0.5) is 0 Å². The van der Waals surface area contributed by atoms with Gasteiger partial charge in [-0.05, 0) is 40.5 Å². The van der Waals surface area contributed by atoms with Crippen LogP contribution in [-0.2, 0) is 6.54 Å². The summed E-state index contributed by atoms with van der Waals surface area (Å²) < 4.78 is 1.86. The lowest BCUT2D eigenvalue weighted by Crippen LogP contribution is -2.17. The molecule has 2 unspecified atom stereocenters. The van der Waals surface area contributed by atoms with Crippen molar-refractivity contribution in [3.05, 3.63) is 71.8 Å². The lowest BCUT2D eigenvalue weighted by atomic mass is 9.89. The van der Waals surface area contributed by atoms with Gasteiger partial charge in [-0.2, -0.15) is 5.10 Å². The van der Waals surface area contributed by atoms with E-state index in [1.807, 2.05) is 47.1 Å². The normalized spacial score (nSPS) is 13.0. The summed E-state index contributed by atoms with van der Waals surface area (Å²) in [6.07, 6.45) is 3.34. The summed E-state index contributed by atoms with van der Waals surface area (Å²) in [5, 5.41) is 15.9. The van der Waals surface area contributed by atoms with Crippen LogP contribution in [0.25, 0.3) is 11.1 Å². The minimum Gasteiger partial charge on any atom is -0.478 e. The highest BCUT2D eigenvalue weighted by atomic mass is 32.1. The molecule has 150 valence electrons. The molecular formula is C23H25N3O2S. The molecule has 1 N–H and O–H groups in total. The molecule has 29 heavy (non-hydrogen) atoms. The first kappa shape index (κ1) is 20.9.